The molecule has 2 heterocycles. The smallest absolute Gasteiger partial charge is 0.253 e. The van der Waals surface area contributed by atoms with Gasteiger partial charge in [-0.05, 0) is 62.7 Å². The van der Waals surface area contributed by atoms with E-state index in [1.54, 1.807) is 24.6 Å². The number of hydrogen-bond donors (Lipinski definition) is 2. The van der Waals surface area contributed by atoms with Crippen molar-refractivity contribution in [1.82, 2.24) is 9.78 Å². The first-order chi connectivity index (χ1) is 17.5. The second-order valence-electron chi connectivity index (χ2n) is 9.21. The van der Waals surface area contributed by atoms with Crippen LogP contribution in [-0.4, -0.2) is 15.7 Å². The van der Waals surface area contributed by atoms with Crippen molar-refractivity contribution in [3.63, 3.8) is 0 Å². The highest BCUT2D eigenvalue weighted by atomic mass is 19.2. The number of primary amides is 1. The van der Waals surface area contributed by atoms with E-state index in [1.165, 1.54) is 6.07 Å². The van der Waals surface area contributed by atoms with Crippen molar-refractivity contribution in [2.75, 3.05) is 5.32 Å². The van der Waals surface area contributed by atoms with Crippen LogP contribution in [0.25, 0.3) is 33.2 Å². The first-order valence-electron chi connectivity index (χ1n) is 11.6. The molecule has 37 heavy (non-hydrogen) atoms. The van der Waals surface area contributed by atoms with Crippen LogP contribution in [0.1, 0.15) is 40.0 Å². The molecule has 0 saturated carbocycles. The number of amides is 1. The summed E-state index contributed by atoms with van der Waals surface area (Å²) >= 11 is 0. The summed E-state index contributed by atoms with van der Waals surface area (Å²) in [6.45, 7) is 5.33. The number of fused-ring (bicyclic) bond motifs is 2. The number of nitrogens with two attached hydrogens (primary N) is 1. The average molecular weight is 503 g/mol. The molecule has 0 aliphatic carbocycles. The Morgan fingerprint density at radius 2 is 1.89 bits per heavy atom. The summed E-state index contributed by atoms with van der Waals surface area (Å²) in [6.07, 6.45) is 1.88. The second kappa shape index (κ2) is 8.85. The van der Waals surface area contributed by atoms with E-state index in [2.05, 4.69) is 10.4 Å². The Hall–Kier alpha value is -4.53. The van der Waals surface area contributed by atoms with Gasteiger partial charge in [0.25, 0.3) is 5.91 Å². The zero-order valence-corrected chi connectivity index (χ0v) is 20.6. The van der Waals surface area contributed by atoms with Gasteiger partial charge in [-0.2, -0.15) is 5.10 Å². The fourth-order valence-electron chi connectivity index (χ4n) is 4.68. The number of rotatable bonds is 5. The lowest BCUT2D eigenvalue weighted by Crippen LogP contribution is -2.19. The molecular weight excluding hydrogens is 478 g/mol. The highest BCUT2D eigenvalue weighted by Crippen LogP contribution is 2.34. The molecule has 0 unspecified atom stereocenters. The number of anilines is 1. The SMILES string of the molecule is Cc1cc([C@@H](C)Nc2ccc(F)c(F)c2C(N)=O)c2oc(-c3ccc4nn(C)cc4c3)c(C)c(=O)c2c1. The molecule has 0 radical (unpaired) electrons. The van der Waals surface area contributed by atoms with Crippen LogP contribution in [0.5, 0.6) is 0 Å². The van der Waals surface area contributed by atoms with E-state index in [1.807, 2.05) is 44.4 Å². The lowest BCUT2D eigenvalue weighted by molar-refractivity contribution is 0.0996. The Kier molecular flexibility index (Phi) is 5.78. The predicted octanol–water partition coefficient (Wildman–Crippen LogP) is 5.51. The minimum atomic E-state index is -1.32. The van der Waals surface area contributed by atoms with Crippen LogP contribution in [0.2, 0.25) is 0 Å². The van der Waals surface area contributed by atoms with Gasteiger partial charge in [0.1, 0.15) is 16.9 Å². The summed E-state index contributed by atoms with van der Waals surface area (Å²) in [7, 11) is 1.83. The van der Waals surface area contributed by atoms with Gasteiger partial charge in [-0.1, -0.05) is 6.07 Å². The number of carbonyl (C=O) groups excluding carboxylic acids is 1. The van der Waals surface area contributed by atoms with Crippen LogP contribution in [-0.2, 0) is 7.05 Å². The fraction of sp³-hybridized carbons (Fsp3) is 0.179. The first kappa shape index (κ1) is 24.2. The van der Waals surface area contributed by atoms with E-state index in [0.717, 1.165) is 28.1 Å². The van der Waals surface area contributed by atoms with Crippen molar-refractivity contribution in [2.45, 2.75) is 26.8 Å². The van der Waals surface area contributed by atoms with Gasteiger partial charge in [-0.25, -0.2) is 8.78 Å². The Balaban J connectivity index is 1.68. The van der Waals surface area contributed by atoms with Crippen LogP contribution in [0, 0.1) is 25.5 Å². The molecule has 1 atom stereocenters. The van der Waals surface area contributed by atoms with Crippen molar-refractivity contribution in [2.24, 2.45) is 12.8 Å². The topological polar surface area (TPSA) is 103 Å². The van der Waals surface area contributed by atoms with E-state index in [9.17, 15) is 18.4 Å². The quantitative estimate of drug-likeness (QED) is 0.330. The Labute approximate surface area is 210 Å². The van der Waals surface area contributed by atoms with E-state index in [-0.39, 0.29) is 11.1 Å². The summed E-state index contributed by atoms with van der Waals surface area (Å²) in [5.74, 6) is -3.18. The van der Waals surface area contributed by atoms with Crippen molar-refractivity contribution in [3.8, 4) is 11.3 Å². The van der Waals surface area contributed by atoms with E-state index in [0.29, 0.717) is 27.9 Å². The molecule has 0 bridgehead atoms. The molecule has 188 valence electrons. The molecule has 1 amide bonds. The maximum atomic E-state index is 14.4. The van der Waals surface area contributed by atoms with Crippen LogP contribution < -0.4 is 16.5 Å². The zero-order chi connectivity index (χ0) is 26.6. The van der Waals surface area contributed by atoms with Gasteiger partial charge in [0.05, 0.1) is 22.6 Å². The standard InChI is InChI=1S/C28H24F2N4O3/c1-13-9-18(15(3)32-22-8-6-20(29)24(30)23(22)28(31)36)27-19(10-13)25(35)14(2)26(37-27)16-5-7-21-17(11-16)12-34(4)33-21/h5-12,15,32H,1-4H3,(H2,31,36)/t15-/m1/s1. The Bertz CT molecular complexity index is 1790. The van der Waals surface area contributed by atoms with Crippen LogP contribution >= 0.6 is 0 Å². The van der Waals surface area contributed by atoms with Crippen LogP contribution in [0.15, 0.2) is 57.9 Å². The number of hydrogen-bond acceptors (Lipinski definition) is 5. The molecule has 2 aromatic heterocycles. The monoisotopic (exact) mass is 502 g/mol. The van der Waals surface area contributed by atoms with Gasteiger partial charge in [0.2, 0.25) is 0 Å². The summed E-state index contributed by atoms with van der Waals surface area (Å²) in [6, 6.07) is 10.8. The molecule has 0 aliphatic heterocycles. The maximum absolute atomic E-state index is 14.4. The van der Waals surface area contributed by atoms with Gasteiger partial charge in [-0.15, -0.1) is 0 Å². The number of nitrogens with zero attached hydrogens (tertiary/aromatic N) is 2. The average Bonchev–Trinajstić information content (AvgIpc) is 3.22. The van der Waals surface area contributed by atoms with Gasteiger partial charge < -0.3 is 15.5 Å². The molecule has 0 aliphatic rings. The zero-order valence-electron chi connectivity index (χ0n) is 20.6. The van der Waals surface area contributed by atoms with E-state index < -0.39 is 29.1 Å². The minimum Gasteiger partial charge on any atom is -0.455 e. The highest BCUT2D eigenvalue weighted by molar-refractivity contribution is 5.99. The third-order valence-electron chi connectivity index (χ3n) is 6.45. The molecule has 5 aromatic rings. The van der Waals surface area contributed by atoms with E-state index >= 15 is 0 Å². The summed E-state index contributed by atoms with van der Waals surface area (Å²) in [5.41, 5.74) is 8.38. The molecule has 9 heteroatoms. The summed E-state index contributed by atoms with van der Waals surface area (Å²) < 4.78 is 36.2. The normalized spacial score (nSPS) is 12.3. The van der Waals surface area contributed by atoms with Crippen LogP contribution in [0.4, 0.5) is 14.5 Å². The molecule has 3 N–H and O–H groups in total. The molecule has 0 spiro atoms. The summed E-state index contributed by atoms with van der Waals surface area (Å²) in [5, 5.41) is 8.72. The van der Waals surface area contributed by atoms with Crippen LogP contribution in [0.3, 0.4) is 0 Å². The van der Waals surface area contributed by atoms with Crippen molar-refractivity contribution in [3.05, 3.63) is 92.8 Å². The van der Waals surface area contributed by atoms with Gasteiger partial charge in [0.15, 0.2) is 17.1 Å². The Morgan fingerprint density at radius 1 is 1.14 bits per heavy atom. The number of aromatic nitrogens is 2. The number of carbonyl (C=O) groups is 1. The molecular formula is C28H24F2N4O3. The Morgan fingerprint density at radius 3 is 2.62 bits per heavy atom. The number of aryl methyl sites for hydroxylation is 2. The minimum absolute atomic E-state index is 0.0327. The molecule has 7 nitrogen and oxygen atoms in total. The van der Waals surface area contributed by atoms with Crippen molar-refractivity contribution in [1.29, 1.82) is 0 Å². The maximum Gasteiger partial charge on any atom is 0.253 e. The molecule has 5 rings (SSSR count). The number of nitrogens with one attached hydrogen (secondary N) is 1. The van der Waals surface area contributed by atoms with Crippen molar-refractivity contribution >= 4 is 33.5 Å². The third-order valence-corrected chi connectivity index (χ3v) is 6.45. The van der Waals surface area contributed by atoms with Gasteiger partial charge >= 0.3 is 0 Å². The molecule has 0 saturated heterocycles. The molecule has 3 aromatic carbocycles. The van der Waals surface area contributed by atoms with Gasteiger partial charge in [0, 0.05) is 35.3 Å². The van der Waals surface area contributed by atoms with Gasteiger partial charge in [-0.3, -0.25) is 14.3 Å². The third kappa shape index (κ3) is 4.12. The lowest BCUT2D eigenvalue weighted by atomic mass is 9.98. The predicted molar refractivity (Wildman–Crippen MR) is 139 cm³/mol. The van der Waals surface area contributed by atoms with Crippen molar-refractivity contribution < 1.29 is 18.0 Å². The lowest BCUT2D eigenvalue weighted by Gasteiger charge is -2.20. The fourth-order valence-corrected chi connectivity index (χ4v) is 4.68. The molecule has 0 fully saturated rings. The largest absolute Gasteiger partial charge is 0.455 e. The number of benzene rings is 3. The summed E-state index contributed by atoms with van der Waals surface area (Å²) in [4.78, 5) is 25.3. The first-order valence-corrected chi connectivity index (χ1v) is 11.6. The van der Waals surface area contributed by atoms with E-state index in [4.69, 9.17) is 10.2 Å². The number of halogens is 2. The highest BCUT2D eigenvalue weighted by Gasteiger charge is 2.23. The second-order valence-corrected chi connectivity index (χ2v) is 9.21.